The van der Waals surface area contributed by atoms with E-state index < -0.39 is 5.41 Å². The highest BCUT2D eigenvalue weighted by Gasteiger charge is 2.51. The van der Waals surface area contributed by atoms with Crippen molar-refractivity contribution in [3.8, 4) is 67.5 Å². The summed E-state index contributed by atoms with van der Waals surface area (Å²) in [5, 5.41) is 2.44. The molecule has 1 spiro atoms. The Hall–Kier alpha value is -6.97. The summed E-state index contributed by atoms with van der Waals surface area (Å²) in [6, 6.07) is 67.3. The lowest BCUT2D eigenvalue weighted by Crippen LogP contribution is -2.25. The van der Waals surface area contributed by atoms with Crippen LogP contribution in [0.25, 0.3) is 78.3 Å². The highest BCUT2D eigenvalue weighted by Crippen LogP contribution is 2.63. The summed E-state index contributed by atoms with van der Waals surface area (Å²) in [6.45, 7) is 0. The Labute approximate surface area is 308 Å². The largest absolute Gasteiger partial charge is 0.208 e. The molecule has 0 N–H and O–H groups in total. The van der Waals surface area contributed by atoms with Gasteiger partial charge in [-0.2, -0.15) is 0 Å². The second-order valence-electron chi connectivity index (χ2n) is 13.9. The second-order valence-corrected chi connectivity index (χ2v) is 13.9. The minimum atomic E-state index is -0.444. The number of aromatic nitrogens is 3. The zero-order chi connectivity index (χ0) is 34.9. The lowest BCUT2D eigenvalue weighted by Gasteiger charge is -2.30. The molecule has 2 aliphatic rings. The van der Waals surface area contributed by atoms with Gasteiger partial charge in [0.1, 0.15) is 0 Å². The predicted octanol–water partition coefficient (Wildman–Crippen LogP) is 12.0. The van der Waals surface area contributed by atoms with Gasteiger partial charge in [-0.25, -0.2) is 15.0 Å². The van der Waals surface area contributed by atoms with Crippen LogP contribution in [0.1, 0.15) is 22.3 Å². The summed E-state index contributed by atoms with van der Waals surface area (Å²) >= 11 is 0. The fourth-order valence-corrected chi connectivity index (χ4v) is 8.89. The molecule has 53 heavy (non-hydrogen) atoms. The van der Waals surface area contributed by atoms with Crippen LogP contribution < -0.4 is 0 Å². The molecule has 0 atom stereocenters. The van der Waals surface area contributed by atoms with E-state index in [1.54, 1.807) is 0 Å². The van der Waals surface area contributed by atoms with E-state index in [1.165, 1.54) is 60.8 Å². The Morgan fingerprint density at radius 2 is 0.736 bits per heavy atom. The van der Waals surface area contributed by atoms with E-state index in [2.05, 4.69) is 170 Å². The molecule has 0 aliphatic heterocycles. The van der Waals surface area contributed by atoms with E-state index in [-0.39, 0.29) is 0 Å². The first-order valence-corrected chi connectivity index (χ1v) is 18.1. The minimum Gasteiger partial charge on any atom is -0.208 e. The Bertz CT molecular complexity index is 2840. The van der Waals surface area contributed by atoms with Gasteiger partial charge in [-0.3, -0.25) is 0 Å². The Morgan fingerprint density at radius 3 is 1.42 bits per heavy atom. The van der Waals surface area contributed by atoms with Crippen LogP contribution in [-0.2, 0) is 5.41 Å². The van der Waals surface area contributed by atoms with Crippen LogP contribution in [0.4, 0.5) is 0 Å². The average Bonchev–Trinajstić information content (AvgIpc) is 3.71. The quantitative estimate of drug-likeness (QED) is 0.187. The number of rotatable bonds is 4. The molecule has 2 aliphatic carbocycles. The van der Waals surface area contributed by atoms with Crippen molar-refractivity contribution in [2.24, 2.45) is 0 Å². The highest BCUT2D eigenvalue weighted by molar-refractivity contribution is 5.98. The van der Waals surface area contributed by atoms with Gasteiger partial charge in [-0.15, -0.1) is 0 Å². The number of benzene rings is 8. The van der Waals surface area contributed by atoms with Gasteiger partial charge in [0.15, 0.2) is 17.5 Å². The monoisotopic (exact) mass is 673 g/mol. The molecule has 8 aromatic carbocycles. The van der Waals surface area contributed by atoms with Gasteiger partial charge in [0, 0.05) is 16.7 Å². The van der Waals surface area contributed by atoms with Crippen molar-refractivity contribution in [3.05, 3.63) is 210 Å². The van der Waals surface area contributed by atoms with Gasteiger partial charge in [0.2, 0.25) is 0 Å². The number of nitrogens with zero attached hydrogens (tertiary/aromatic N) is 3. The van der Waals surface area contributed by atoms with Crippen LogP contribution in [0.2, 0.25) is 0 Å². The van der Waals surface area contributed by atoms with Crippen molar-refractivity contribution in [2.45, 2.75) is 5.41 Å². The lowest BCUT2D eigenvalue weighted by molar-refractivity contribution is 0.794. The smallest absolute Gasteiger partial charge is 0.164 e. The SMILES string of the molecule is c1ccc(-c2nc(-c3cccc(-c4cccc5ccccc45)c3)nc(-c3ccc4c(c3)C3(c5ccccc5-c5ccccc53)c3ccccc3-4)n2)cc1. The van der Waals surface area contributed by atoms with Crippen molar-refractivity contribution in [1.82, 2.24) is 15.0 Å². The van der Waals surface area contributed by atoms with Gasteiger partial charge in [-0.05, 0) is 78.5 Å². The van der Waals surface area contributed by atoms with Crippen LogP contribution in [-0.4, -0.2) is 15.0 Å². The third kappa shape index (κ3) is 4.38. The summed E-state index contributed by atoms with van der Waals surface area (Å²) in [6.07, 6.45) is 0. The predicted molar refractivity (Wildman–Crippen MR) is 215 cm³/mol. The third-order valence-electron chi connectivity index (χ3n) is 11.1. The van der Waals surface area contributed by atoms with E-state index in [1.807, 2.05) is 18.2 Å². The topological polar surface area (TPSA) is 38.7 Å². The number of fused-ring (bicyclic) bond motifs is 11. The van der Waals surface area contributed by atoms with E-state index >= 15 is 0 Å². The van der Waals surface area contributed by atoms with Crippen LogP contribution in [0.5, 0.6) is 0 Å². The molecule has 0 amide bonds. The first kappa shape index (κ1) is 29.7. The van der Waals surface area contributed by atoms with E-state index in [0.717, 1.165) is 22.3 Å². The summed E-state index contributed by atoms with van der Waals surface area (Å²) in [4.78, 5) is 15.5. The molecule has 246 valence electrons. The van der Waals surface area contributed by atoms with Crippen molar-refractivity contribution in [1.29, 1.82) is 0 Å². The maximum absolute atomic E-state index is 5.25. The normalized spacial score (nSPS) is 13.1. The summed E-state index contributed by atoms with van der Waals surface area (Å²) in [5.41, 5.74) is 15.0. The molecule has 0 radical (unpaired) electrons. The van der Waals surface area contributed by atoms with Crippen molar-refractivity contribution >= 4 is 10.8 Å². The van der Waals surface area contributed by atoms with E-state index in [4.69, 9.17) is 15.0 Å². The molecular formula is C50H31N3. The van der Waals surface area contributed by atoms with Gasteiger partial charge in [-0.1, -0.05) is 176 Å². The molecule has 0 bridgehead atoms. The molecule has 1 aromatic heterocycles. The third-order valence-corrected chi connectivity index (χ3v) is 11.1. The van der Waals surface area contributed by atoms with E-state index in [9.17, 15) is 0 Å². The standard InChI is InChI=1S/C50H31N3/c1-2-15-33(16-3-1)47-51-48(35-19-12-18-34(30-35)38-24-13-17-32-14-4-5-20-37(32)38)53-49(52-47)36-28-29-42-41-23-8-11-27-45(41)50(46(42)31-36)43-25-9-6-21-39(43)40-22-7-10-26-44(40)50/h1-31H. The molecular weight excluding hydrogens is 643 g/mol. The molecule has 3 nitrogen and oxygen atoms in total. The first-order chi connectivity index (χ1) is 26.3. The molecule has 0 unspecified atom stereocenters. The van der Waals surface area contributed by atoms with Crippen molar-refractivity contribution in [3.63, 3.8) is 0 Å². The molecule has 0 fully saturated rings. The van der Waals surface area contributed by atoms with Gasteiger partial charge < -0.3 is 0 Å². The Balaban J connectivity index is 1.13. The number of hydrogen-bond acceptors (Lipinski definition) is 3. The lowest BCUT2D eigenvalue weighted by atomic mass is 9.70. The fraction of sp³-hybridized carbons (Fsp3) is 0.0200. The van der Waals surface area contributed by atoms with Crippen LogP contribution in [0.15, 0.2) is 188 Å². The average molecular weight is 674 g/mol. The minimum absolute atomic E-state index is 0.444. The van der Waals surface area contributed by atoms with Crippen molar-refractivity contribution in [2.75, 3.05) is 0 Å². The van der Waals surface area contributed by atoms with Gasteiger partial charge in [0.25, 0.3) is 0 Å². The Morgan fingerprint density at radius 1 is 0.283 bits per heavy atom. The summed E-state index contributed by atoms with van der Waals surface area (Å²) in [7, 11) is 0. The molecule has 1 heterocycles. The summed E-state index contributed by atoms with van der Waals surface area (Å²) in [5.74, 6) is 1.94. The maximum Gasteiger partial charge on any atom is 0.164 e. The highest BCUT2D eigenvalue weighted by atomic mass is 15.0. The maximum atomic E-state index is 5.25. The molecule has 3 heteroatoms. The molecule has 0 saturated heterocycles. The van der Waals surface area contributed by atoms with Gasteiger partial charge in [0.05, 0.1) is 5.41 Å². The van der Waals surface area contributed by atoms with Crippen LogP contribution in [0, 0.1) is 0 Å². The van der Waals surface area contributed by atoms with Gasteiger partial charge >= 0.3 is 0 Å². The molecule has 11 rings (SSSR count). The Kier molecular flexibility index (Phi) is 6.47. The van der Waals surface area contributed by atoms with Crippen LogP contribution in [0.3, 0.4) is 0 Å². The van der Waals surface area contributed by atoms with Crippen molar-refractivity contribution < 1.29 is 0 Å². The second kappa shape index (κ2) is 11.5. The van der Waals surface area contributed by atoms with Crippen LogP contribution >= 0.6 is 0 Å². The zero-order valence-corrected chi connectivity index (χ0v) is 28.7. The molecule has 0 saturated carbocycles. The molecule has 9 aromatic rings. The fourth-order valence-electron chi connectivity index (χ4n) is 8.89. The van der Waals surface area contributed by atoms with E-state index in [0.29, 0.717) is 17.5 Å². The summed E-state index contributed by atoms with van der Waals surface area (Å²) < 4.78 is 0. The zero-order valence-electron chi connectivity index (χ0n) is 28.7. The first-order valence-electron chi connectivity index (χ1n) is 18.1. The number of hydrogen-bond donors (Lipinski definition) is 0.